The summed E-state index contributed by atoms with van der Waals surface area (Å²) in [7, 11) is 0. The Hall–Kier alpha value is -3.13. The average molecular weight is 469 g/mol. The molecule has 0 aliphatic rings. The Kier molecular flexibility index (Phi) is 5.02. The second-order valence-corrected chi connectivity index (χ2v) is 8.51. The van der Waals surface area contributed by atoms with Gasteiger partial charge < -0.3 is 9.73 Å². The third-order valence-electron chi connectivity index (χ3n) is 4.60. The van der Waals surface area contributed by atoms with Crippen molar-refractivity contribution in [3.8, 4) is 16.6 Å². The minimum Gasteiger partial charge on any atom is -0.454 e. The maximum absolute atomic E-state index is 12.8. The van der Waals surface area contributed by atoms with Crippen molar-refractivity contribution in [3.05, 3.63) is 81.3 Å². The van der Waals surface area contributed by atoms with E-state index in [0.29, 0.717) is 32.4 Å². The van der Waals surface area contributed by atoms with Crippen molar-refractivity contribution >= 4 is 57.2 Å². The molecule has 0 radical (unpaired) electrons. The van der Waals surface area contributed by atoms with Crippen LogP contribution in [-0.2, 0) is 0 Å². The molecule has 0 unspecified atom stereocenters. The minimum absolute atomic E-state index is 0.279. The third kappa shape index (κ3) is 3.83. The zero-order chi connectivity index (χ0) is 21.5. The monoisotopic (exact) mass is 468 g/mol. The number of nitrogens with zero attached hydrogens (tertiary/aromatic N) is 3. The summed E-state index contributed by atoms with van der Waals surface area (Å²) < 4.78 is 7.49. The van der Waals surface area contributed by atoms with Crippen LogP contribution < -0.4 is 5.32 Å². The van der Waals surface area contributed by atoms with Crippen molar-refractivity contribution in [1.29, 1.82) is 0 Å². The van der Waals surface area contributed by atoms with Crippen LogP contribution in [0.4, 0.5) is 5.82 Å². The highest BCUT2D eigenvalue weighted by Gasteiger charge is 2.18. The summed E-state index contributed by atoms with van der Waals surface area (Å²) >= 11 is 13.6. The molecule has 0 bridgehead atoms. The molecular weight excluding hydrogens is 455 g/mol. The van der Waals surface area contributed by atoms with E-state index >= 15 is 0 Å². The first kappa shape index (κ1) is 19.8. The molecule has 9 heteroatoms. The molecule has 0 saturated heterocycles. The number of hydrogen-bond donors (Lipinski definition) is 1. The number of carbonyl (C=O) groups excluding carboxylic acids is 1. The predicted molar refractivity (Wildman–Crippen MR) is 124 cm³/mol. The summed E-state index contributed by atoms with van der Waals surface area (Å²) in [5.74, 6) is 0.760. The Morgan fingerprint density at radius 1 is 1.13 bits per heavy atom. The number of hydrogen-bond acceptors (Lipinski definition) is 5. The van der Waals surface area contributed by atoms with Gasteiger partial charge in [-0.15, -0.1) is 11.3 Å². The Bertz CT molecular complexity index is 1400. The van der Waals surface area contributed by atoms with Gasteiger partial charge in [0.2, 0.25) is 5.13 Å². The summed E-state index contributed by atoms with van der Waals surface area (Å²) in [5, 5.41) is 11.6. The first-order valence-corrected chi connectivity index (χ1v) is 10.9. The van der Waals surface area contributed by atoms with Crippen LogP contribution in [0.1, 0.15) is 16.1 Å². The van der Waals surface area contributed by atoms with Crippen molar-refractivity contribution in [2.75, 3.05) is 5.32 Å². The predicted octanol–water partition coefficient (Wildman–Crippen LogP) is 6.61. The molecule has 3 aromatic heterocycles. The van der Waals surface area contributed by atoms with Crippen molar-refractivity contribution in [2.24, 2.45) is 0 Å². The highest BCUT2D eigenvalue weighted by molar-refractivity contribution is 7.12. The number of anilines is 1. The molecule has 0 fully saturated rings. The van der Waals surface area contributed by atoms with Crippen LogP contribution >= 0.6 is 34.5 Å². The van der Waals surface area contributed by atoms with E-state index in [0.717, 1.165) is 16.7 Å². The molecule has 5 rings (SSSR count). The Morgan fingerprint density at radius 2 is 1.97 bits per heavy atom. The van der Waals surface area contributed by atoms with Gasteiger partial charge in [0, 0.05) is 21.9 Å². The molecular formula is C22H14Cl2N4O2S. The molecule has 31 heavy (non-hydrogen) atoms. The molecule has 0 aliphatic heterocycles. The quantitative estimate of drug-likeness (QED) is 0.322. The minimum atomic E-state index is -0.386. The normalized spacial score (nSPS) is 11.2. The Labute approximate surface area is 191 Å². The van der Waals surface area contributed by atoms with E-state index in [4.69, 9.17) is 27.6 Å². The molecule has 1 N–H and O–H groups in total. The van der Waals surface area contributed by atoms with E-state index < -0.39 is 0 Å². The Morgan fingerprint density at radius 3 is 2.81 bits per heavy atom. The van der Waals surface area contributed by atoms with Gasteiger partial charge in [-0.05, 0) is 37.3 Å². The highest BCUT2D eigenvalue weighted by Crippen LogP contribution is 2.31. The second kappa shape index (κ2) is 7.85. The largest absolute Gasteiger partial charge is 0.454 e. The zero-order valence-corrected chi connectivity index (χ0v) is 18.4. The van der Waals surface area contributed by atoms with Gasteiger partial charge in [0.05, 0.1) is 16.3 Å². The lowest BCUT2D eigenvalue weighted by atomic mass is 10.2. The smallest absolute Gasteiger partial charge is 0.258 e. The van der Waals surface area contributed by atoms with Gasteiger partial charge in [-0.25, -0.2) is 4.98 Å². The summed E-state index contributed by atoms with van der Waals surface area (Å²) in [4.78, 5) is 17.4. The molecule has 154 valence electrons. The number of amides is 1. The number of benzene rings is 2. The molecule has 1 amide bonds. The molecule has 0 aliphatic carbocycles. The third-order valence-corrected chi connectivity index (χ3v) is 5.98. The van der Waals surface area contributed by atoms with Crippen molar-refractivity contribution in [3.63, 3.8) is 0 Å². The van der Waals surface area contributed by atoms with E-state index in [9.17, 15) is 4.79 Å². The fourth-order valence-corrected chi connectivity index (χ4v) is 4.32. The fraction of sp³-hybridized carbons (Fsp3) is 0.0455. The van der Waals surface area contributed by atoms with E-state index in [1.54, 1.807) is 22.9 Å². The molecule has 3 heterocycles. The highest BCUT2D eigenvalue weighted by atomic mass is 35.5. The first-order chi connectivity index (χ1) is 15.0. The van der Waals surface area contributed by atoms with Gasteiger partial charge >= 0.3 is 0 Å². The maximum Gasteiger partial charge on any atom is 0.258 e. The molecule has 2 aromatic carbocycles. The number of aromatic nitrogens is 3. The van der Waals surface area contributed by atoms with Crippen molar-refractivity contribution < 1.29 is 9.21 Å². The molecule has 0 saturated carbocycles. The number of aryl methyl sites for hydroxylation is 1. The van der Waals surface area contributed by atoms with Crippen LogP contribution in [0.5, 0.6) is 0 Å². The molecule has 0 atom stereocenters. The van der Waals surface area contributed by atoms with E-state index in [2.05, 4.69) is 15.4 Å². The number of halogens is 2. The Balaban J connectivity index is 1.47. The van der Waals surface area contributed by atoms with Gasteiger partial charge in [0.25, 0.3) is 5.91 Å². The summed E-state index contributed by atoms with van der Waals surface area (Å²) in [6, 6.07) is 16.2. The van der Waals surface area contributed by atoms with Crippen LogP contribution in [0, 0.1) is 6.92 Å². The summed E-state index contributed by atoms with van der Waals surface area (Å²) in [5.41, 5.74) is 2.50. The van der Waals surface area contributed by atoms with Crippen molar-refractivity contribution in [1.82, 2.24) is 14.8 Å². The van der Waals surface area contributed by atoms with Gasteiger partial charge in [-0.1, -0.05) is 41.4 Å². The molecule has 0 spiro atoms. The SMILES string of the molecule is Cc1cc(NC(=O)c2cc(Cl)ccc2Cl)n(-c2nc(-c3cc4ccccc4o3)cs2)n1. The van der Waals surface area contributed by atoms with Gasteiger partial charge in [-0.2, -0.15) is 9.78 Å². The lowest BCUT2D eigenvalue weighted by molar-refractivity contribution is 0.102. The lowest BCUT2D eigenvalue weighted by Crippen LogP contribution is -2.15. The number of rotatable bonds is 4. The van der Waals surface area contributed by atoms with Crippen LogP contribution in [-0.4, -0.2) is 20.7 Å². The first-order valence-electron chi connectivity index (χ1n) is 9.26. The molecule has 5 aromatic rings. The van der Waals surface area contributed by atoms with Gasteiger partial charge in [0.15, 0.2) is 5.76 Å². The van der Waals surface area contributed by atoms with Gasteiger partial charge in [0.1, 0.15) is 17.1 Å². The van der Waals surface area contributed by atoms with Crippen LogP contribution in [0.2, 0.25) is 10.0 Å². The second-order valence-electron chi connectivity index (χ2n) is 6.82. The van der Waals surface area contributed by atoms with E-state index in [-0.39, 0.29) is 11.5 Å². The zero-order valence-electron chi connectivity index (χ0n) is 16.1. The van der Waals surface area contributed by atoms with Crippen LogP contribution in [0.15, 0.2) is 64.4 Å². The maximum atomic E-state index is 12.8. The van der Waals surface area contributed by atoms with Crippen LogP contribution in [0.25, 0.3) is 27.6 Å². The van der Waals surface area contributed by atoms with Gasteiger partial charge in [-0.3, -0.25) is 4.79 Å². The van der Waals surface area contributed by atoms with Crippen LogP contribution in [0.3, 0.4) is 0 Å². The topological polar surface area (TPSA) is 73.0 Å². The lowest BCUT2D eigenvalue weighted by Gasteiger charge is -2.08. The number of para-hydroxylation sites is 1. The number of fused-ring (bicyclic) bond motifs is 1. The summed E-state index contributed by atoms with van der Waals surface area (Å²) in [6.45, 7) is 1.84. The molecule has 6 nitrogen and oxygen atoms in total. The van der Waals surface area contributed by atoms with E-state index in [1.165, 1.54) is 17.4 Å². The number of thiazole rings is 1. The number of nitrogens with one attached hydrogen (secondary N) is 1. The summed E-state index contributed by atoms with van der Waals surface area (Å²) in [6.07, 6.45) is 0. The van der Waals surface area contributed by atoms with Crippen molar-refractivity contribution in [2.45, 2.75) is 6.92 Å². The number of carbonyl (C=O) groups is 1. The standard InChI is InChI=1S/C22H14Cl2N4O2S/c1-12-8-20(26-21(29)15-10-14(23)6-7-16(15)24)28(27-12)22-25-17(11-31-22)19-9-13-4-2-3-5-18(13)30-19/h2-11H,1H3,(H,26,29). The number of furan rings is 1. The average Bonchev–Trinajstić information content (AvgIpc) is 3.47. The van der Waals surface area contributed by atoms with E-state index in [1.807, 2.05) is 42.6 Å². The fourth-order valence-electron chi connectivity index (χ4n) is 3.17.